The molecule has 0 aliphatic heterocycles. The number of aliphatic hydroxyl groups is 1. The molecule has 0 bridgehead atoms. The van der Waals surface area contributed by atoms with E-state index in [-0.39, 0.29) is 18.5 Å². The Morgan fingerprint density at radius 1 is 1.47 bits per heavy atom. The summed E-state index contributed by atoms with van der Waals surface area (Å²) >= 11 is 0. The molecule has 1 aromatic carbocycles. The van der Waals surface area contributed by atoms with Gasteiger partial charge in [-0.15, -0.1) is 0 Å². The number of aliphatic hydroxyl groups excluding tert-OH is 1. The van der Waals surface area contributed by atoms with Gasteiger partial charge in [-0.2, -0.15) is 0 Å². The van der Waals surface area contributed by atoms with E-state index in [4.69, 9.17) is 5.11 Å². The first-order chi connectivity index (χ1) is 9.08. The van der Waals surface area contributed by atoms with Crippen LogP contribution in [0.1, 0.15) is 19.7 Å². The standard InChI is InChI=1S/C14H20FN3O/c1-4-18-12-7-5-6-11(15)14(12)16-13(18)8-17(3)10(2)9-19/h5-7,10,19H,4,8-9H2,1-3H3. The molecule has 1 unspecified atom stereocenters. The van der Waals surface area contributed by atoms with Gasteiger partial charge in [-0.25, -0.2) is 9.37 Å². The minimum atomic E-state index is -0.288. The van der Waals surface area contributed by atoms with Crippen LogP contribution in [0.15, 0.2) is 18.2 Å². The predicted octanol–water partition coefficient (Wildman–Crippen LogP) is 2.01. The highest BCUT2D eigenvalue weighted by Crippen LogP contribution is 2.20. The Morgan fingerprint density at radius 2 is 2.21 bits per heavy atom. The van der Waals surface area contributed by atoms with Crippen LogP contribution < -0.4 is 0 Å². The molecule has 1 atom stereocenters. The van der Waals surface area contributed by atoms with Gasteiger partial charge in [0.25, 0.3) is 0 Å². The van der Waals surface area contributed by atoms with Crippen LogP contribution in [0.3, 0.4) is 0 Å². The highest BCUT2D eigenvalue weighted by Gasteiger charge is 2.16. The molecule has 0 saturated heterocycles. The molecule has 0 aliphatic carbocycles. The number of hydrogen-bond donors (Lipinski definition) is 1. The number of fused-ring (bicyclic) bond motifs is 1. The molecule has 1 N–H and O–H groups in total. The number of likely N-dealkylation sites (N-methyl/N-ethyl adjacent to an activating group) is 1. The maximum Gasteiger partial charge on any atom is 0.151 e. The van der Waals surface area contributed by atoms with E-state index >= 15 is 0 Å². The predicted molar refractivity (Wildman–Crippen MR) is 73.4 cm³/mol. The molecule has 0 saturated carbocycles. The van der Waals surface area contributed by atoms with Crippen LogP contribution in [0.4, 0.5) is 4.39 Å². The van der Waals surface area contributed by atoms with Crippen LogP contribution in [0.25, 0.3) is 11.0 Å². The normalized spacial score (nSPS) is 13.4. The van der Waals surface area contributed by atoms with Crippen molar-refractivity contribution in [3.63, 3.8) is 0 Å². The Bertz CT molecular complexity index is 567. The number of imidazole rings is 1. The zero-order valence-electron chi connectivity index (χ0n) is 11.6. The van der Waals surface area contributed by atoms with Gasteiger partial charge in [0.15, 0.2) is 5.82 Å². The number of nitrogens with zero attached hydrogens (tertiary/aromatic N) is 3. The van der Waals surface area contributed by atoms with Gasteiger partial charge in [0.1, 0.15) is 11.3 Å². The highest BCUT2D eigenvalue weighted by atomic mass is 19.1. The second kappa shape index (κ2) is 5.67. The van der Waals surface area contributed by atoms with E-state index in [0.29, 0.717) is 12.1 Å². The van der Waals surface area contributed by atoms with E-state index in [1.54, 1.807) is 6.07 Å². The van der Waals surface area contributed by atoms with Gasteiger partial charge in [0, 0.05) is 12.6 Å². The van der Waals surface area contributed by atoms with Gasteiger partial charge in [0.05, 0.1) is 18.7 Å². The SMILES string of the molecule is CCn1c(CN(C)C(C)CO)nc2c(F)cccc21. The first-order valence-electron chi connectivity index (χ1n) is 6.53. The zero-order chi connectivity index (χ0) is 14.0. The van der Waals surface area contributed by atoms with Crippen molar-refractivity contribution >= 4 is 11.0 Å². The van der Waals surface area contributed by atoms with Gasteiger partial charge in [-0.05, 0) is 33.0 Å². The van der Waals surface area contributed by atoms with E-state index in [9.17, 15) is 4.39 Å². The third-order valence-corrected chi connectivity index (χ3v) is 3.53. The lowest BCUT2D eigenvalue weighted by molar-refractivity contribution is 0.150. The quantitative estimate of drug-likeness (QED) is 0.899. The summed E-state index contributed by atoms with van der Waals surface area (Å²) in [5, 5.41) is 9.16. The summed E-state index contributed by atoms with van der Waals surface area (Å²) in [4.78, 5) is 6.41. The largest absolute Gasteiger partial charge is 0.395 e. The first kappa shape index (κ1) is 14.0. The van der Waals surface area contributed by atoms with Crippen molar-refractivity contribution in [3.8, 4) is 0 Å². The number of para-hydroxylation sites is 1. The van der Waals surface area contributed by atoms with E-state index in [0.717, 1.165) is 17.9 Å². The highest BCUT2D eigenvalue weighted by molar-refractivity contribution is 5.76. The minimum Gasteiger partial charge on any atom is -0.395 e. The molecule has 0 aliphatic rings. The third-order valence-electron chi connectivity index (χ3n) is 3.53. The topological polar surface area (TPSA) is 41.3 Å². The summed E-state index contributed by atoms with van der Waals surface area (Å²) in [5.74, 6) is 0.536. The Labute approximate surface area is 112 Å². The van der Waals surface area contributed by atoms with Crippen molar-refractivity contribution < 1.29 is 9.50 Å². The monoisotopic (exact) mass is 265 g/mol. The van der Waals surface area contributed by atoms with Gasteiger partial charge in [-0.3, -0.25) is 4.90 Å². The van der Waals surface area contributed by atoms with Gasteiger partial charge >= 0.3 is 0 Å². The molecule has 0 spiro atoms. The molecular formula is C14H20FN3O. The lowest BCUT2D eigenvalue weighted by atomic mass is 10.3. The van der Waals surface area contributed by atoms with Crippen LogP contribution in [-0.2, 0) is 13.1 Å². The number of aryl methyl sites for hydroxylation is 1. The Hall–Kier alpha value is -1.46. The molecule has 2 aromatic rings. The second-order valence-electron chi connectivity index (χ2n) is 4.83. The Kier molecular flexibility index (Phi) is 4.17. The molecule has 1 aromatic heterocycles. The zero-order valence-corrected chi connectivity index (χ0v) is 11.6. The summed E-state index contributed by atoms with van der Waals surface area (Å²) < 4.78 is 15.8. The maximum absolute atomic E-state index is 13.7. The summed E-state index contributed by atoms with van der Waals surface area (Å²) in [5.41, 5.74) is 1.24. The van der Waals surface area contributed by atoms with E-state index in [1.165, 1.54) is 6.07 Å². The lowest BCUT2D eigenvalue weighted by Gasteiger charge is -2.22. The number of hydrogen-bond acceptors (Lipinski definition) is 3. The van der Waals surface area contributed by atoms with Crippen molar-refractivity contribution in [3.05, 3.63) is 29.8 Å². The van der Waals surface area contributed by atoms with Crippen molar-refractivity contribution in [2.24, 2.45) is 0 Å². The Morgan fingerprint density at radius 3 is 2.84 bits per heavy atom. The Balaban J connectivity index is 2.40. The van der Waals surface area contributed by atoms with Crippen LogP contribution in [0.5, 0.6) is 0 Å². The molecule has 2 rings (SSSR count). The fourth-order valence-corrected chi connectivity index (χ4v) is 2.15. The fraction of sp³-hybridized carbons (Fsp3) is 0.500. The van der Waals surface area contributed by atoms with Gasteiger partial charge in [-0.1, -0.05) is 6.07 Å². The molecule has 0 amide bonds. The van der Waals surface area contributed by atoms with Crippen LogP contribution in [-0.4, -0.2) is 39.3 Å². The number of rotatable bonds is 5. The molecule has 104 valence electrons. The smallest absolute Gasteiger partial charge is 0.151 e. The summed E-state index contributed by atoms with van der Waals surface area (Å²) in [6.45, 7) is 5.39. The molecule has 0 fully saturated rings. The average molecular weight is 265 g/mol. The number of halogens is 1. The maximum atomic E-state index is 13.7. The fourth-order valence-electron chi connectivity index (χ4n) is 2.15. The number of aromatic nitrogens is 2. The molecular weight excluding hydrogens is 245 g/mol. The minimum absolute atomic E-state index is 0.0509. The molecule has 0 radical (unpaired) electrons. The summed E-state index contributed by atoms with van der Waals surface area (Å²) in [6, 6.07) is 5.07. The van der Waals surface area contributed by atoms with E-state index in [1.807, 2.05) is 36.4 Å². The van der Waals surface area contributed by atoms with Crippen LogP contribution in [0, 0.1) is 5.82 Å². The van der Waals surface area contributed by atoms with Crippen LogP contribution in [0.2, 0.25) is 0 Å². The number of benzene rings is 1. The molecule has 1 heterocycles. The first-order valence-corrected chi connectivity index (χ1v) is 6.53. The molecule has 4 nitrogen and oxygen atoms in total. The molecule has 19 heavy (non-hydrogen) atoms. The second-order valence-corrected chi connectivity index (χ2v) is 4.83. The van der Waals surface area contributed by atoms with Crippen LogP contribution >= 0.6 is 0 Å². The van der Waals surface area contributed by atoms with Crippen molar-refractivity contribution in [1.29, 1.82) is 0 Å². The molecule has 5 heteroatoms. The van der Waals surface area contributed by atoms with Crippen molar-refractivity contribution in [2.75, 3.05) is 13.7 Å². The van der Waals surface area contributed by atoms with Gasteiger partial charge in [0.2, 0.25) is 0 Å². The van der Waals surface area contributed by atoms with E-state index < -0.39 is 0 Å². The third kappa shape index (κ3) is 2.62. The average Bonchev–Trinajstić information content (AvgIpc) is 2.76. The summed E-state index contributed by atoms with van der Waals surface area (Å²) in [7, 11) is 1.93. The van der Waals surface area contributed by atoms with Crippen molar-refractivity contribution in [2.45, 2.75) is 33.0 Å². The van der Waals surface area contributed by atoms with Gasteiger partial charge < -0.3 is 9.67 Å². The summed E-state index contributed by atoms with van der Waals surface area (Å²) in [6.07, 6.45) is 0. The van der Waals surface area contributed by atoms with E-state index in [2.05, 4.69) is 4.98 Å². The van der Waals surface area contributed by atoms with Crippen molar-refractivity contribution in [1.82, 2.24) is 14.5 Å². The lowest BCUT2D eigenvalue weighted by Crippen LogP contribution is -2.32.